The van der Waals surface area contributed by atoms with E-state index in [0.717, 1.165) is 35.3 Å². The molecule has 0 spiro atoms. The summed E-state index contributed by atoms with van der Waals surface area (Å²) in [6.07, 6.45) is 1.81. The van der Waals surface area contributed by atoms with Crippen molar-refractivity contribution in [1.29, 1.82) is 0 Å². The molecule has 0 saturated carbocycles. The topological polar surface area (TPSA) is 71.0 Å². The van der Waals surface area contributed by atoms with Crippen molar-refractivity contribution in [2.24, 2.45) is 0 Å². The van der Waals surface area contributed by atoms with Crippen LogP contribution in [0.3, 0.4) is 0 Å². The second-order valence-corrected chi connectivity index (χ2v) is 10.6. The molecule has 2 aromatic rings. The van der Waals surface area contributed by atoms with Crippen molar-refractivity contribution in [2.75, 3.05) is 20.1 Å². The molecule has 1 saturated heterocycles. The summed E-state index contributed by atoms with van der Waals surface area (Å²) in [5.41, 5.74) is 3.60. The Morgan fingerprint density at radius 1 is 1.12 bits per heavy atom. The monoisotopic (exact) mass is 526 g/mol. The summed E-state index contributed by atoms with van der Waals surface area (Å²) in [5, 5.41) is 11.9. The fourth-order valence-corrected chi connectivity index (χ4v) is 3.95. The van der Waals surface area contributed by atoms with Crippen molar-refractivity contribution in [3.8, 4) is 0 Å². The highest BCUT2D eigenvalue weighted by Gasteiger charge is 2.33. The van der Waals surface area contributed by atoms with Gasteiger partial charge in [-0.15, -0.1) is 6.58 Å². The minimum atomic E-state index is -2.00. The number of benzene rings is 2. The first-order valence-corrected chi connectivity index (χ1v) is 12.1. The molecule has 1 aliphatic heterocycles. The summed E-state index contributed by atoms with van der Waals surface area (Å²) in [6.45, 7) is 5.53. The normalized spacial score (nSPS) is 20.8. The third kappa shape index (κ3) is 7.68. The molecule has 0 bridgehead atoms. The van der Waals surface area contributed by atoms with E-state index in [1.54, 1.807) is 0 Å². The molecular weight excluding hydrogens is 499 g/mol. The van der Waals surface area contributed by atoms with Gasteiger partial charge in [0, 0.05) is 31.6 Å². The Balaban J connectivity index is 1.73. The van der Waals surface area contributed by atoms with Crippen molar-refractivity contribution >= 4 is 40.7 Å². The fourth-order valence-electron chi connectivity index (χ4n) is 3.75. The highest BCUT2D eigenvalue weighted by molar-refractivity contribution is 6.76. The maximum Gasteiger partial charge on any atom is 0.272 e. The summed E-state index contributed by atoms with van der Waals surface area (Å²) >= 11 is 16.8. The largest absolute Gasteiger partial charge is 0.392 e. The zero-order valence-corrected chi connectivity index (χ0v) is 21.2. The van der Waals surface area contributed by atoms with E-state index >= 15 is 0 Å². The van der Waals surface area contributed by atoms with Gasteiger partial charge >= 0.3 is 0 Å². The van der Waals surface area contributed by atoms with Crippen LogP contribution >= 0.6 is 34.8 Å². The first-order valence-electron chi connectivity index (χ1n) is 10.9. The third-order valence-corrected chi connectivity index (χ3v) is 6.05. The van der Waals surface area contributed by atoms with Gasteiger partial charge in [-0.2, -0.15) is 0 Å². The van der Waals surface area contributed by atoms with Gasteiger partial charge in [-0.05, 0) is 23.7 Å². The zero-order valence-electron chi connectivity index (χ0n) is 18.9. The fraction of sp³-hybridized carbons (Fsp3) is 0.400. The number of aliphatic hydroxyl groups excluding tert-OH is 1. The van der Waals surface area contributed by atoms with E-state index in [4.69, 9.17) is 44.3 Å². The molecule has 3 rings (SSSR count). The van der Waals surface area contributed by atoms with Gasteiger partial charge in [-0.25, -0.2) is 0 Å². The number of carbonyl (C=O) groups is 1. The van der Waals surface area contributed by atoms with Gasteiger partial charge in [0.25, 0.3) is 9.70 Å². The smallest absolute Gasteiger partial charge is 0.272 e. The predicted molar refractivity (Wildman–Crippen MR) is 135 cm³/mol. The van der Waals surface area contributed by atoms with Gasteiger partial charge in [-0.3, -0.25) is 4.79 Å². The Morgan fingerprint density at radius 2 is 1.74 bits per heavy atom. The maximum atomic E-state index is 11.8. The van der Waals surface area contributed by atoms with E-state index in [1.807, 2.05) is 61.7 Å². The standard InChI is InChI=1S/C25H29Cl3N2O4/c1-3-12-30(2)15-21-13-22(19-8-6-18(16-31)7-9-19)34-23(33-21)20-10-4-17(5-11-20)14-29-24(32)25(26,27)28/h3-11,21-23,31H,1,12-16H2,2H3,(H,29,32). The van der Waals surface area contributed by atoms with E-state index in [2.05, 4.69) is 16.8 Å². The SMILES string of the molecule is C=CCN(C)CC1CC(c2ccc(CO)cc2)OC(c2ccc(CNC(=O)C(Cl)(Cl)Cl)cc2)O1. The van der Waals surface area contributed by atoms with Gasteiger partial charge in [0.2, 0.25) is 0 Å². The van der Waals surface area contributed by atoms with Crippen molar-refractivity contribution in [1.82, 2.24) is 10.2 Å². The van der Waals surface area contributed by atoms with Crippen molar-refractivity contribution in [3.63, 3.8) is 0 Å². The van der Waals surface area contributed by atoms with Crippen LogP contribution in [0.25, 0.3) is 0 Å². The van der Waals surface area contributed by atoms with E-state index in [0.29, 0.717) is 6.42 Å². The summed E-state index contributed by atoms with van der Waals surface area (Å²) in [5.74, 6) is -0.679. The van der Waals surface area contributed by atoms with Crippen LogP contribution in [0.5, 0.6) is 0 Å². The first-order chi connectivity index (χ1) is 16.2. The number of alkyl halides is 3. The van der Waals surface area contributed by atoms with Crippen LogP contribution in [-0.4, -0.2) is 45.9 Å². The van der Waals surface area contributed by atoms with Crippen molar-refractivity contribution < 1.29 is 19.4 Å². The molecule has 1 fully saturated rings. The van der Waals surface area contributed by atoms with Crippen molar-refractivity contribution in [3.05, 3.63) is 83.4 Å². The second kappa shape index (κ2) is 12.4. The van der Waals surface area contributed by atoms with Gasteiger partial charge < -0.3 is 24.8 Å². The molecule has 3 atom stereocenters. The minimum absolute atomic E-state index is 0.000971. The summed E-state index contributed by atoms with van der Waals surface area (Å²) in [4.78, 5) is 13.9. The molecule has 34 heavy (non-hydrogen) atoms. The highest BCUT2D eigenvalue weighted by atomic mass is 35.6. The number of carbonyl (C=O) groups excluding carboxylic acids is 1. The molecule has 1 aliphatic rings. The first kappa shape index (κ1) is 27.0. The van der Waals surface area contributed by atoms with Crippen LogP contribution in [0.2, 0.25) is 0 Å². The van der Waals surface area contributed by atoms with Crippen LogP contribution in [0.4, 0.5) is 0 Å². The Labute approximate surface area is 215 Å². The number of aliphatic hydroxyl groups is 1. The average molecular weight is 528 g/mol. The molecule has 0 aliphatic carbocycles. The molecule has 2 aromatic carbocycles. The Morgan fingerprint density at radius 3 is 2.32 bits per heavy atom. The highest BCUT2D eigenvalue weighted by Crippen LogP contribution is 2.38. The number of nitrogens with one attached hydrogen (secondary N) is 1. The summed E-state index contributed by atoms with van der Waals surface area (Å²) < 4.78 is 10.7. The molecule has 184 valence electrons. The average Bonchev–Trinajstić information content (AvgIpc) is 2.82. The van der Waals surface area contributed by atoms with E-state index in [-0.39, 0.29) is 25.4 Å². The van der Waals surface area contributed by atoms with E-state index in [1.165, 1.54) is 0 Å². The Hall–Kier alpha value is -1.64. The lowest BCUT2D eigenvalue weighted by molar-refractivity contribution is -0.252. The number of likely N-dealkylation sites (N-methyl/N-ethyl adjacent to an activating group) is 1. The summed E-state index contributed by atoms with van der Waals surface area (Å²) in [7, 11) is 2.03. The van der Waals surface area contributed by atoms with Gasteiger partial charge in [-0.1, -0.05) is 89.4 Å². The van der Waals surface area contributed by atoms with Crippen molar-refractivity contribution in [2.45, 2.75) is 41.9 Å². The molecule has 1 amide bonds. The second-order valence-electron chi connectivity index (χ2n) is 8.28. The Bertz CT molecular complexity index is 948. The quantitative estimate of drug-likeness (QED) is 0.361. The number of halogens is 3. The molecular formula is C25H29Cl3N2O4. The number of nitrogens with zero attached hydrogens (tertiary/aromatic N) is 1. The molecule has 2 N–H and O–H groups in total. The molecule has 0 aromatic heterocycles. The number of rotatable bonds is 9. The van der Waals surface area contributed by atoms with Crippen LogP contribution < -0.4 is 5.32 Å². The molecule has 9 heteroatoms. The lowest BCUT2D eigenvalue weighted by atomic mass is 9.99. The minimum Gasteiger partial charge on any atom is -0.392 e. The molecule has 6 nitrogen and oxygen atoms in total. The molecule has 1 heterocycles. The predicted octanol–water partition coefficient (Wildman–Crippen LogP) is 4.83. The van der Waals surface area contributed by atoms with Gasteiger partial charge in [0.15, 0.2) is 6.29 Å². The third-order valence-electron chi connectivity index (χ3n) is 5.53. The van der Waals surface area contributed by atoms with Gasteiger partial charge in [0.05, 0.1) is 18.8 Å². The van der Waals surface area contributed by atoms with Crippen LogP contribution in [0.15, 0.2) is 61.2 Å². The molecule has 3 unspecified atom stereocenters. The lowest BCUT2D eigenvalue weighted by Gasteiger charge is -2.37. The van der Waals surface area contributed by atoms with Crippen LogP contribution in [0, 0.1) is 0 Å². The number of hydrogen-bond donors (Lipinski definition) is 2. The van der Waals surface area contributed by atoms with E-state index < -0.39 is 16.0 Å². The summed E-state index contributed by atoms with van der Waals surface area (Å²) in [6, 6.07) is 15.3. The van der Waals surface area contributed by atoms with Crippen LogP contribution in [0.1, 0.15) is 41.1 Å². The maximum absolute atomic E-state index is 11.8. The lowest BCUT2D eigenvalue weighted by Crippen LogP contribution is -2.37. The van der Waals surface area contributed by atoms with E-state index in [9.17, 15) is 9.90 Å². The molecule has 0 radical (unpaired) electrons. The zero-order chi connectivity index (χ0) is 24.7. The van der Waals surface area contributed by atoms with Crippen LogP contribution in [-0.2, 0) is 27.4 Å². The number of ether oxygens (including phenoxy) is 2. The van der Waals surface area contributed by atoms with Gasteiger partial charge in [0.1, 0.15) is 0 Å². The Kier molecular flexibility index (Phi) is 9.80. The number of amides is 1. The number of hydrogen-bond acceptors (Lipinski definition) is 5.